The van der Waals surface area contributed by atoms with Crippen molar-refractivity contribution in [2.24, 2.45) is 0 Å². The Morgan fingerprint density at radius 3 is 2.36 bits per heavy atom. The van der Waals surface area contributed by atoms with Gasteiger partial charge in [-0.15, -0.1) is 0 Å². The molecule has 0 radical (unpaired) electrons. The van der Waals surface area contributed by atoms with Crippen LogP contribution in [-0.2, 0) is 10.3 Å². The van der Waals surface area contributed by atoms with E-state index >= 15 is 0 Å². The van der Waals surface area contributed by atoms with Gasteiger partial charge in [-0.1, -0.05) is 11.6 Å². The predicted molar refractivity (Wildman–Crippen MR) is 46.1 cm³/mol. The summed E-state index contributed by atoms with van der Waals surface area (Å²) in [6, 6.07) is 1.75. The molecule has 1 aromatic carbocycles. The first-order chi connectivity index (χ1) is 6.53. The molecule has 1 aliphatic heterocycles. The van der Waals surface area contributed by atoms with Crippen LogP contribution in [0.25, 0.3) is 0 Å². The lowest BCUT2D eigenvalue weighted by molar-refractivity contribution is -0.184. The second kappa shape index (κ2) is 3.15. The van der Waals surface area contributed by atoms with E-state index in [1.807, 2.05) is 0 Å². The Balaban J connectivity index is 2.48. The minimum Gasteiger partial charge on any atom is -0.380 e. The minimum atomic E-state index is -1.27. The smallest absolute Gasteiger partial charge is 0.160 e. The highest BCUT2D eigenvalue weighted by atomic mass is 35.5. The standard InChI is InChI=1S/C9H7ClF2O2/c10-6-2-8(12)7(11)1-5(6)9(13)3-14-4-9/h1-2,13H,3-4H2. The van der Waals surface area contributed by atoms with Crippen molar-refractivity contribution in [2.45, 2.75) is 5.60 Å². The van der Waals surface area contributed by atoms with E-state index in [9.17, 15) is 13.9 Å². The maximum atomic E-state index is 12.9. The summed E-state index contributed by atoms with van der Waals surface area (Å²) >= 11 is 5.68. The lowest BCUT2D eigenvalue weighted by atomic mass is 9.92. The highest BCUT2D eigenvalue weighted by Crippen LogP contribution is 2.35. The highest BCUT2D eigenvalue weighted by molar-refractivity contribution is 6.31. The van der Waals surface area contributed by atoms with Gasteiger partial charge < -0.3 is 9.84 Å². The van der Waals surface area contributed by atoms with Gasteiger partial charge >= 0.3 is 0 Å². The highest BCUT2D eigenvalue weighted by Gasteiger charge is 2.40. The molecule has 0 spiro atoms. The quantitative estimate of drug-likeness (QED) is 0.732. The van der Waals surface area contributed by atoms with E-state index in [0.717, 1.165) is 12.1 Å². The number of halogens is 3. The maximum Gasteiger partial charge on any atom is 0.160 e. The molecule has 0 bridgehead atoms. The minimum absolute atomic E-state index is 0.00898. The molecule has 2 rings (SSSR count). The van der Waals surface area contributed by atoms with Crippen molar-refractivity contribution >= 4 is 11.6 Å². The van der Waals surface area contributed by atoms with Crippen molar-refractivity contribution in [3.63, 3.8) is 0 Å². The van der Waals surface area contributed by atoms with Crippen LogP contribution in [0, 0.1) is 11.6 Å². The third-order valence-corrected chi connectivity index (χ3v) is 2.51. The van der Waals surface area contributed by atoms with Crippen LogP contribution in [0.2, 0.25) is 5.02 Å². The van der Waals surface area contributed by atoms with Crippen LogP contribution in [-0.4, -0.2) is 18.3 Å². The Morgan fingerprint density at radius 2 is 1.86 bits per heavy atom. The number of rotatable bonds is 1. The van der Waals surface area contributed by atoms with Gasteiger partial charge in [0.25, 0.3) is 0 Å². The molecule has 0 saturated carbocycles. The lowest BCUT2D eigenvalue weighted by Crippen LogP contribution is -2.46. The molecule has 0 aliphatic carbocycles. The predicted octanol–water partition coefficient (Wildman–Crippen LogP) is 1.84. The Labute approximate surface area is 84.1 Å². The summed E-state index contributed by atoms with van der Waals surface area (Å²) < 4.78 is 30.4. The number of ether oxygens (including phenoxy) is 1. The zero-order chi connectivity index (χ0) is 10.3. The second-order valence-electron chi connectivity index (χ2n) is 3.27. The summed E-state index contributed by atoms with van der Waals surface area (Å²) in [4.78, 5) is 0. The Morgan fingerprint density at radius 1 is 1.29 bits per heavy atom. The average molecular weight is 221 g/mol. The third kappa shape index (κ3) is 1.39. The van der Waals surface area contributed by atoms with Crippen LogP contribution in [0.15, 0.2) is 12.1 Å². The van der Waals surface area contributed by atoms with E-state index < -0.39 is 17.2 Å². The zero-order valence-corrected chi connectivity index (χ0v) is 7.81. The molecule has 0 amide bonds. The number of hydrogen-bond acceptors (Lipinski definition) is 2. The summed E-state index contributed by atoms with van der Waals surface area (Å²) in [5.74, 6) is -2.05. The van der Waals surface area contributed by atoms with Crippen molar-refractivity contribution < 1.29 is 18.6 Å². The normalized spacial score (nSPS) is 19.1. The number of hydrogen-bond donors (Lipinski definition) is 1. The van der Waals surface area contributed by atoms with Crippen LogP contribution >= 0.6 is 11.6 Å². The SMILES string of the molecule is OC1(c2cc(F)c(F)cc2Cl)COC1. The van der Waals surface area contributed by atoms with Crippen LogP contribution < -0.4 is 0 Å². The zero-order valence-electron chi connectivity index (χ0n) is 7.06. The molecule has 0 aromatic heterocycles. The monoisotopic (exact) mass is 220 g/mol. The largest absolute Gasteiger partial charge is 0.380 e. The molecule has 1 fully saturated rings. The fraction of sp³-hybridized carbons (Fsp3) is 0.333. The molecule has 1 aliphatic rings. The molecule has 5 heteroatoms. The molecule has 0 atom stereocenters. The van der Waals surface area contributed by atoms with Gasteiger partial charge in [-0.25, -0.2) is 8.78 Å². The molecule has 1 N–H and O–H groups in total. The molecule has 14 heavy (non-hydrogen) atoms. The van der Waals surface area contributed by atoms with Crippen LogP contribution in [0.5, 0.6) is 0 Å². The van der Waals surface area contributed by atoms with Crippen LogP contribution in [0.4, 0.5) is 8.78 Å². The molecule has 2 nitrogen and oxygen atoms in total. The van der Waals surface area contributed by atoms with Gasteiger partial charge in [-0.3, -0.25) is 0 Å². The van der Waals surface area contributed by atoms with Gasteiger partial charge in [0.2, 0.25) is 0 Å². The first-order valence-corrected chi connectivity index (χ1v) is 4.36. The van der Waals surface area contributed by atoms with Crippen molar-refractivity contribution in [2.75, 3.05) is 13.2 Å². The molecular weight excluding hydrogens is 214 g/mol. The summed E-state index contributed by atoms with van der Waals surface area (Å²) in [5, 5.41) is 9.79. The Kier molecular flexibility index (Phi) is 2.21. The third-order valence-electron chi connectivity index (χ3n) is 2.19. The van der Waals surface area contributed by atoms with E-state index in [1.165, 1.54) is 0 Å². The Bertz CT molecular complexity index is 377. The Hall–Kier alpha value is -0.710. The van der Waals surface area contributed by atoms with Crippen LogP contribution in [0.3, 0.4) is 0 Å². The van der Waals surface area contributed by atoms with Crippen molar-refractivity contribution in [1.82, 2.24) is 0 Å². The second-order valence-corrected chi connectivity index (χ2v) is 3.68. The fourth-order valence-corrected chi connectivity index (χ4v) is 1.66. The van der Waals surface area contributed by atoms with Crippen molar-refractivity contribution in [3.8, 4) is 0 Å². The van der Waals surface area contributed by atoms with Gasteiger partial charge in [-0.05, 0) is 12.1 Å². The molecule has 1 saturated heterocycles. The summed E-state index contributed by atoms with van der Waals surface area (Å²) in [6.07, 6.45) is 0. The average Bonchev–Trinajstić information content (AvgIpc) is 2.07. The van der Waals surface area contributed by atoms with E-state index in [-0.39, 0.29) is 23.8 Å². The number of benzene rings is 1. The molecule has 0 unspecified atom stereocenters. The van der Waals surface area contributed by atoms with Gasteiger partial charge in [0.1, 0.15) is 5.60 Å². The molecule has 1 aromatic rings. The summed E-state index contributed by atoms with van der Waals surface area (Å²) in [6.45, 7) is 0.107. The van der Waals surface area contributed by atoms with Gasteiger partial charge in [-0.2, -0.15) is 0 Å². The van der Waals surface area contributed by atoms with Gasteiger partial charge in [0, 0.05) is 10.6 Å². The summed E-state index contributed by atoms with van der Waals surface area (Å²) in [5.41, 5.74) is -1.10. The lowest BCUT2D eigenvalue weighted by Gasteiger charge is -2.37. The van der Waals surface area contributed by atoms with Gasteiger partial charge in [0.05, 0.1) is 13.2 Å². The first-order valence-electron chi connectivity index (χ1n) is 3.98. The van der Waals surface area contributed by atoms with Crippen LogP contribution in [0.1, 0.15) is 5.56 Å². The topological polar surface area (TPSA) is 29.5 Å². The molecular formula is C9H7ClF2O2. The van der Waals surface area contributed by atoms with E-state index in [4.69, 9.17) is 16.3 Å². The first kappa shape index (κ1) is 9.83. The maximum absolute atomic E-state index is 12.9. The van der Waals surface area contributed by atoms with E-state index in [0.29, 0.717) is 0 Å². The van der Waals surface area contributed by atoms with E-state index in [1.54, 1.807) is 0 Å². The summed E-state index contributed by atoms with van der Waals surface area (Å²) in [7, 11) is 0. The number of aliphatic hydroxyl groups is 1. The molecule has 76 valence electrons. The molecule has 1 heterocycles. The van der Waals surface area contributed by atoms with Crippen molar-refractivity contribution in [3.05, 3.63) is 34.4 Å². The van der Waals surface area contributed by atoms with Gasteiger partial charge in [0.15, 0.2) is 11.6 Å². The van der Waals surface area contributed by atoms with E-state index in [2.05, 4.69) is 0 Å². The fourth-order valence-electron chi connectivity index (χ4n) is 1.33. The van der Waals surface area contributed by atoms with Crippen molar-refractivity contribution in [1.29, 1.82) is 0 Å².